The molecule has 6 aliphatic rings. The number of nitrogens with zero attached hydrogens (tertiary/aromatic N) is 2. The lowest BCUT2D eigenvalue weighted by Gasteiger charge is -2.57. The molecule has 0 N–H and O–H groups in total. The highest BCUT2D eigenvalue weighted by atomic mass is 32.2. The number of likely N-dealkylation sites (N-methyl/N-ethyl adjacent to an activating group) is 1. The molecule has 1 amide bonds. The van der Waals surface area contributed by atoms with E-state index in [2.05, 4.69) is 11.9 Å². The quantitative estimate of drug-likeness (QED) is 0.610. The van der Waals surface area contributed by atoms with Gasteiger partial charge in [-0.15, -0.1) is 0 Å². The maximum absolute atomic E-state index is 13.4. The van der Waals surface area contributed by atoms with E-state index in [1.807, 2.05) is 4.90 Å². The molecule has 4 saturated carbocycles. The van der Waals surface area contributed by atoms with Crippen LogP contribution in [0.4, 0.5) is 0 Å². The molecule has 2 saturated heterocycles. The van der Waals surface area contributed by atoms with Gasteiger partial charge in [-0.1, -0.05) is 0 Å². The Bertz CT molecular complexity index is 726. The standard InChI is InChI=1S/C23H38N2O4S/c1-24(16-23-10-17-7-18(11-23)9-19(8-17)12-23)14-22(26)25(13-21-3-2-5-29-21)20-4-6-30(27,28)15-20/h17-21H,2-16H2,1H3. The minimum absolute atomic E-state index is 0.0608. The summed E-state index contributed by atoms with van der Waals surface area (Å²) in [6.45, 7) is 2.70. The van der Waals surface area contributed by atoms with E-state index in [0.717, 1.165) is 43.7 Å². The van der Waals surface area contributed by atoms with Crippen molar-refractivity contribution in [3.63, 3.8) is 0 Å². The van der Waals surface area contributed by atoms with Crippen LogP contribution >= 0.6 is 0 Å². The number of hydrogen-bond donors (Lipinski definition) is 0. The van der Waals surface area contributed by atoms with Crippen LogP contribution in [-0.4, -0.2) is 81.1 Å². The Morgan fingerprint density at radius 1 is 1.07 bits per heavy atom. The summed E-state index contributed by atoms with van der Waals surface area (Å²) in [4.78, 5) is 17.5. The minimum Gasteiger partial charge on any atom is -0.376 e. The maximum atomic E-state index is 13.4. The maximum Gasteiger partial charge on any atom is 0.237 e. The van der Waals surface area contributed by atoms with Crippen LogP contribution in [0.15, 0.2) is 0 Å². The van der Waals surface area contributed by atoms with Crippen LogP contribution in [0.1, 0.15) is 57.8 Å². The molecule has 0 aromatic carbocycles. The van der Waals surface area contributed by atoms with Gasteiger partial charge in [0.2, 0.25) is 5.91 Å². The molecular weight excluding hydrogens is 400 g/mol. The van der Waals surface area contributed by atoms with E-state index in [4.69, 9.17) is 4.74 Å². The van der Waals surface area contributed by atoms with Crippen LogP contribution in [-0.2, 0) is 19.4 Å². The summed E-state index contributed by atoms with van der Waals surface area (Å²) < 4.78 is 29.9. The van der Waals surface area contributed by atoms with E-state index < -0.39 is 9.84 Å². The second kappa shape index (κ2) is 8.04. The Hall–Kier alpha value is -0.660. The molecule has 4 bridgehead atoms. The Morgan fingerprint density at radius 2 is 1.73 bits per heavy atom. The lowest BCUT2D eigenvalue weighted by atomic mass is 9.49. The van der Waals surface area contributed by atoms with Gasteiger partial charge in [0.1, 0.15) is 0 Å². The molecule has 0 spiro atoms. The lowest BCUT2D eigenvalue weighted by Crippen LogP contribution is -2.53. The molecule has 2 heterocycles. The van der Waals surface area contributed by atoms with Gasteiger partial charge >= 0.3 is 0 Å². The van der Waals surface area contributed by atoms with Crippen molar-refractivity contribution in [2.45, 2.75) is 69.9 Å². The van der Waals surface area contributed by atoms with E-state index in [1.54, 1.807) is 0 Å². The Morgan fingerprint density at radius 3 is 2.27 bits per heavy atom. The molecular formula is C23H38N2O4S. The van der Waals surface area contributed by atoms with Crippen molar-refractivity contribution >= 4 is 15.7 Å². The molecule has 6 nitrogen and oxygen atoms in total. The fraction of sp³-hybridized carbons (Fsp3) is 0.957. The van der Waals surface area contributed by atoms with Crippen LogP contribution in [0.2, 0.25) is 0 Å². The minimum atomic E-state index is -3.02. The molecule has 2 aliphatic heterocycles. The Labute approximate surface area is 181 Å². The third-order valence-electron chi connectivity index (χ3n) is 8.57. The smallest absolute Gasteiger partial charge is 0.237 e. The van der Waals surface area contributed by atoms with Crippen molar-refractivity contribution in [2.75, 3.05) is 44.8 Å². The Balaban J connectivity index is 1.23. The fourth-order valence-electron chi connectivity index (χ4n) is 7.92. The molecule has 6 fully saturated rings. The van der Waals surface area contributed by atoms with Gasteiger partial charge in [-0.2, -0.15) is 0 Å². The van der Waals surface area contributed by atoms with Crippen LogP contribution < -0.4 is 0 Å². The van der Waals surface area contributed by atoms with Gasteiger partial charge in [0.05, 0.1) is 24.2 Å². The van der Waals surface area contributed by atoms with E-state index in [1.165, 1.54) is 38.5 Å². The molecule has 0 aromatic heterocycles. The van der Waals surface area contributed by atoms with E-state index in [0.29, 0.717) is 24.9 Å². The molecule has 6 rings (SSSR count). The molecule has 0 aromatic rings. The Kier molecular flexibility index (Phi) is 5.68. The van der Waals surface area contributed by atoms with E-state index in [9.17, 15) is 13.2 Å². The second-order valence-corrected chi connectivity index (χ2v) is 13.6. The predicted octanol–water partition coefficient (Wildman–Crippen LogP) is 2.33. The first-order valence-corrected chi connectivity index (χ1v) is 13.9. The zero-order chi connectivity index (χ0) is 20.9. The fourth-order valence-corrected chi connectivity index (χ4v) is 9.65. The molecule has 2 unspecified atom stereocenters. The molecule has 7 heteroatoms. The molecule has 4 aliphatic carbocycles. The monoisotopic (exact) mass is 438 g/mol. The summed E-state index contributed by atoms with van der Waals surface area (Å²) in [7, 11) is -0.931. The van der Waals surface area contributed by atoms with Gasteiger partial charge < -0.3 is 9.64 Å². The topological polar surface area (TPSA) is 66.9 Å². The van der Waals surface area contributed by atoms with Crippen LogP contribution in [0.25, 0.3) is 0 Å². The van der Waals surface area contributed by atoms with Gasteiger partial charge in [-0.25, -0.2) is 8.42 Å². The lowest BCUT2D eigenvalue weighted by molar-refractivity contribution is -0.137. The van der Waals surface area contributed by atoms with E-state index >= 15 is 0 Å². The first-order valence-electron chi connectivity index (χ1n) is 12.1. The van der Waals surface area contributed by atoms with Crippen LogP contribution in [0.5, 0.6) is 0 Å². The summed E-state index contributed by atoms with van der Waals surface area (Å²) in [5.74, 6) is 3.15. The summed E-state index contributed by atoms with van der Waals surface area (Å²) in [5.41, 5.74) is 0.417. The number of carbonyl (C=O) groups is 1. The van der Waals surface area contributed by atoms with Crippen LogP contribution in [0.3, 0.4) is 0 Å². The number of rotatable bonds is 7. The number of carbonyl (C=O) groups excluding carboxylic acids is 1. The normalized spacial score (nSPS) is 41.6. The van der Waals surface area contributed by atoms with Crippen molar-refractivity contribution < 1.29 is 17.9 Å². The summed E-state index contributed by atoms with van der Waals surface area (Å²) >= 11 is 0. The number of ether oxygens (including phenoxy) is 1. The summed E-state index contributed by atoms with van der Waals surface area (Å²) in [6, 6.07) is -0.181. The number of amides is 1. The highest BCUT2D eigenvalue weighted by molar-refractivity contribution is 7.91. The average molecular weight is 439 g/mol. The van der Waals surface area contributed by atoms with Gasteiger partial charge in [0.15, 0.2) is 9.84 Å². The third-order valence-corrected chi connectivity index (χ3v) is 10.3. The molecule has 2 atom stereocenters. The SMILES string of the molecule is CN(CC(=O)N(CC1CCCO1)C1CCS(=O)(=O)C1)CC12CC3CC(CC(C3)C1)C2. The highest BCUT2D eigenvalue weighted by Gasteiger charge is 2.51. The number of sulfone groups is 1. The van der Waals surface area contributed by atoms with Crippen molar-refractivity contribution in [3.05, 3.63) is 0 Å². The van der Waals surface area contributed by atoms with Crippen molar-refractivity contribution in [3.8, 4) is 0 Å². The number of hydrogen-bond acceptors (Lipinski definition) is 5. The van der Waals surface area contributed by atoms with E-state index in [-0.39, 0.29) is 29.6 Å². The predicted molar refractivity (Wildman–Crippen MR) is 116 cm³/mol. The van der Waals surface area contributed by atoms with Gasteiger partial charge in [-0.05, 0) is 88.0 Å². The largest absolute Gasteiger partial charge is 0.376 e. The first-order chi connectivity index (χ1) is 14.3. The first kappa shape index (κ1) is 21.2. The third kappa shape index (κ3) is 4.44. The molecule has 170 valence electrons. The van der Waals surface area contributed by atoms with Crippen molar-refractivity contribution in [1.29, 1.82) is 0 Å². The summed E-state index contributed by atoms with van der Waals surface area (Å²) in [5, 5.41) is 0. The molecule has 0 radical (unpaired) electrons. The summed E-state index contributed by atoms with van der Waals surface area (Å²) in [6.07, 6.45) is 11.0. The molecule has 30 heavy (non-hydrogen) atoms. The van der Waals surface area contributed by atoms with Crippen LogP contribution in [0, 0.1) is 23.2 Å². The highest BCUT2D eigenvalue weighted by Crippen LogP contribution is 2.60. The average Bonchev–Trinajstić information content (AvgIpc) is 3.26. The van der Waals surface area contributed by atoms with Gasteiger partial charge in [0, 0.05) is 25.7 Å². The second-order valence-electron chi connectivity index (χ2n) is 11.3. The van der Waals surface area contributed by atoms with Crippen molar-refractivity contribution in [1.82, 2.24) is 9.80 Å². The van der Waals surface area contributed by atoms with Gasteiger partial charge in [0.25, 0.3) is 0 Å². The zero-order valence-electron chi connectivity index (χ0n) is 18.4. The zero-order valence-corrected chi connectivity index (χ0v) is 19.2. The van der Waals surface area contributed by atoms with Crippen molar-refractivity contribution in [2.24, 2.45) is 23.2 Å². The van der Waals surface area contributed by atoms with Gasteiger partial charge in [-0.3, -0.25) is 9.69 Å².